The Hall–Kier alpha value is -1.95. The van der Waals surface area contributed by atoms with Crippen molar-refractivity contribution in [2.75, 3.05) is 6.26 Å². The second-order valence-electron chi connectivity index (χ2n) is 3.87. The molecule has 0 fully saturated rings. The van der Waals surface area contributed by atoms with E-state index >= 15 is 0 Å². The number of hydrogen-bond donors (Lipinski definition) is 0. The lowest BCUT2D eigenvalue weighted by molar-refractivity contribution is -0.417. The van der Waals surface area contributed by atoms with Gasteiger partial charge < -0.3 is 0 Å². The molecular weight excluding hydrogens is 254 g/mol. The fourth-order valence-electron chi connectivity index (χ4n) is 1.19. The zero-order chi connectivity index (χ0) is 13.8. The van der Waals surface area contributed by atoms with E-state index in [1.807, 2.05) is 19.1 Å². The Morgan fingerprint density at radius 1 is 1.28 bits per heavy atom. The number of hydrogen-bond acceptors (Lipinski definition) is 4. The number of sulfone groups is 1. The summed E-state index contributed by atoms with van der Waals surface area (Å²) >= 11 is 0. The second kappa shape index (κ2) is 5.59. The maximum Gasteiger partial charge on any atom is 0.270 e. The summed E-state index contributed by atoms with van der Waals surface area (Å²) in [7, 11) is -3.38. The average molecular weight is 267 g/mol. The summed E-state index contributed by atoms with van der Waals surface area (Å²) in [5.41, 5.74) is 1.41. The lowest BCUT2D eigenvalue weighted by Gasteiger charge is -1.95. The molecule has 1 rings (SSSR count). The fourth-order valence-corrected chi connectivity index (χ4v) is 1.58. The minimum absolute atomic E-state index is 0.274. The van der Waals surface area contributed by atoms with Crippen molar-refractivity contribution >= 4 is 15.9 Å². The van der Waals surface area contributed by atoms with Crippen LogP contribution in [-0.2, 0) is 9.84 Å². The first kappa shape index (κ1) is 14.1. The molecule has 0 spiro atoms. The van der Waals surface area contributed by atoms with E-state index in [4.69, 9.17) is 0 Å². The number of aryl methyl sites for hydroxylation is 1. The number of nitro groups is 1. The summed E-state index contributed by atoms with van der Waals surface area (Å²) in [6.07, 6.45) is 3.28. The summed E-state index contributed by atoms with van der Waals surface area (Å²) in [5.74, 6) is 0. The van der Waals surface area contributed by atoms with Crippen LogP contribution in [0.25, 0.3) is 6.08 Å². The van der Waals surface area contributed by atoms with Gasteiger partial charge in [0.25, 0.3) is 5.70 Å². The molecule has 0 heterocycles. The molecule has 0 aromatic heterocycles. The van der Waals surface area contributed by atoms with E-state index in [0.717, 1.165) is 23.3 Å². The normalized spacial score (nSPS) is 12.9. The highest BCUT2D eigenvalue weighted by Crippen LogP contribution is 2.10. The molecule has 0 radical (unpaired) electrons. The van der Waals surface area contributed by atoms with Gasteiger partial charge in [-0.05, 0) is 12.5 Å². The third-order valence-electron chi connectivity index (χ3n) is 2.09. The van der Waals surface area contributed by atoms with Gasteiger partial charge in [-0.3, -0.25) is 10.1 Å². The Labute approximate surface area is 106 Å². The maximum absolute atomic E-state index is 10.9. The minimum atomic E-state index is -3.38. The largest absolute Gasteiger partial charge is 0.270 e. The van der Waals surface area contributed by atoms with Crippen LogP contribution in [0.1, 0.15) is 11.1 Å². The Morgan fingerprint density at radius 2 is 1.83 bits per heavy atom. The molecule has 0 aliphatic heterocycles. The highest BCUT2D eigenvalue weighted by molar-refractivity contribution is 7.93. The van der Waals surface area contributed by atoms with Crippen molar-refractivity contribution in [1.29, 1.82) is 0 Å². The smallest absolute Gasteiger partial charge is 0.258 e. The Bertz CT molecular complexity index is 597. The van der Waals surface area contributed by atoms with Gasteiger partial charge in [0.2, 0.25) is 0 Å². The van der Waals surface area contributed by atoms with Crippen LogP contribution in [0.4, 0.5) is 0 Å². The summed E-state index contributed by atoms with van der Waals surface area (Å²) in [5, 5.41) is 11.6. The average Bonchev–Trinajstić information content (AvgIpc) is 2.25. The van der Waals surface area contributed by atoms with E-state index in [1.165, 1.54) is 6.08 Å². The first-order chi connectivity index (χ1) is 8.28. The molecule has 0 unspecified atom stereocenters. The van der Waals surface area contributed by atoms with Crippen LogP contribution in [0.3, 0.4) is 0 Å². The van der Waals surface area contributed by atoms with Gasteiger partial charge in [0, 0.05) is 23.8 Å². The quantitative estimate of drug-likeness (QED) is 0.476. The van der Waals surface area contributed by atoms with Gasteiger partial charge in [-0.1, -0.05) is 29.8 Å². The number of allylic oxidation sites excluding steroid dienone is 1. The van der Waals surface area contributed by atoms with Gasteiger partial charge >= 0.3 is 0 Å². The van der Waals surface area contributed by atoms with Gasteiger partial charge in [-0.2, -0.15) is 0 Å². The van der Waals surface area contributed by atoms with Crippen molar-refractivity contribution in [2.24, 2.45) is 0 Å². The molecule has 0 saturated heterocycles. The molecule has 0 aliphatic carbocycles. The molecule has 0 atom stereocenters. The lowest BCUT2D eigenvalue weighted by atomic mass is 10.1. The Balaban J connectivity index is 3.10. The molecule has 0 aliphatic rings. The molecule has 0 saturated carbocycles. The van der Waals surface area contributed by atoms with Crippen LogP contribution in [0.2, 0.25) is 0 Å². The number of rotatable bonds is 4. The van der Waals surface area contributed by atoms with Crippen molar-refractivity contribution < 1.29 is 13.3 Å². The molecule has 18 heavy (non-hydrogen) atoms. The molecule has 0 bridgehead atoms. The highest BCUT2D eigenvalue weighted by atomic mass is 32.2. The molecule has 0 amide bonds. The van der Waals surface area contributed by atoms with Crippen LogP contribution < -0.4 is 0 Å². The summed E-state index contributed by atoms with van der Waals surface area (Å²) in [4.78, 5) is 10.2. The third-order valence-corrected chi connectivity index (χ3v) is 2.72. The van der Waals surface area contributed by atoms with E-state index < -0.39 is 14.8 Å². The predicted octanol–water partition coefficient (Wildman–Crippen LogP) is 2.17. The van der Waals surface area contributed by atoms with Crippen LogP contribution in [-0.4, -0.2) is 19.6 Å². The van der Waals surface area contributed by atoms with E-state index in [0.29, 0.717) is 5.56 Å². The van der Waals surface area contributed by atoms with Gasteiger partial charge in [0.15, 0.2) is 9.84 Å². The van der Waals surface area contributed by atoms with E-state index in [-0.39, 0.29) is 5.70 Å². The van der Waals surface area contributed by atoms with Gasteiger partial charge in [0.1, 0.15) is 0 Å². The highest BCUT2D eigenvalue weighted by Gasteiger charge is 2.07. The zero-order valence-corrected chi connectivity index (χ0v) is 10.8. The summed E-state index contributed by atoms with van der Waals surface area (Å²) in [6, 6.07) is 7.10. The number of nitrogens with zero attached hydrogens (tertiary/aromatic N) is 1. The monoisotopic (exact) mass is 267 g/mol. The van der Waals surface area contributed by atoms with Crippen molar-refractivity contribution in [3.05, 3.63) is 62.7 Å². The van der Waals surface area contributed by atoms with Crippen molar-refractivity contribution in [3.63, 3.8) is 0 Å². The molecule has 6 heteroatoms. The molecule has 1 aromatic rings. The molecular formula is C12H13NO4S. The van der Waals surface area contributed by atoms with Crippen LogP contribution >= 0.6 is 0 Å². The van der Waals surface area contributed by atoms with Crippen LogP contribution in [0, 0.1) is 17.0 Å². The Kier molecular flexibility index (Phi) is 4.38. The fraction of sp³-hybridized carbons (Fsp3) is 0.167. The van der Waals surface area contributed by atoms with E-state index in [9.17, 15) is 18.5 Å². The minimum Gasteiger partial charge on any atom is -0.258 e. The summed E-state index contributed by atoms with van der Waals surface area (Å²) in [6.45, 7) is 1.91. The first-order valence-electron chi connectivity index (χ1n) is 5.09. The Morgan fingerprint density at radius 3 is 2.28 bits per heavy atom. The first-order valence-corrected chi connectivity index (χ1v) is 7.04. The van der Waals surface area contributed by atoms with Crippen LogP contribution in [0.5, 0.6) is 0 Å². The number of benzene rings is 1. The van der Waals surface area contributed by atoms with Crippen molar-refractivity contribution in [3.8, 4) is 0 Å². The van der Waals surface area contributed by atoms with Gasteiger partial charge in [0.05, 0.1) is 4.92 Å². The molecule has 5 nitrogen and oxygen atoms in total. The molecule has 1 aromatic carbocycles. The molecule has 96 valence electrons. The standard InChI is InChI=1S/C12H13NO4S/c1-10-3-5-11(6-4-10)9-12(13(14)15)7-8-18(2,16)17/h3-9H,1-2H3/b8-7-,12-9+. The predicted molar refractivity (Wildman–Crippen MR) is 70.1 cm³/mol. The van der Waals surface area contributed by atoms with Gasteiger partial charge in [-0.15, -0.1) is 0 Å². The topological polar surface area (TPSA) is 77.3 Å². The third kappa shape index (κ3) is 4.92. The molecule has 0 N–H and O–H groups in total. The van der Waals surface area contributed by atoms with Gasteiger partial charge in [-0.25, -0.2) is 8.42 Å². The summed E-state index contributed by atoms with van der Waals surface area (Å²) < 4.78 is 21.8. The van der Waals surface area contributed by atoms with Crippen molar-refractivity contribution in [2.45, 2.75) is 6.92 Å². The maximum atomic E-state index is 10.9. The van der Waals surface area contributed by atoms with Crippen molar-refractivity contribution in [1.82, 2.24) is 0 Å². The van der Waals surface area contributed by atoms with E-state index in [2.05, 4.69) is 0 Å². The SMILES string of the molecule is Cc1ccc(/C=C(\C=C/S(C)(=O)=O)[N+](=O)[O-])cc1. The zero-order valence-electron chi connectivity index (χ0n) is 10.0. The van der Waals surface area contributed by atoms with E-state index in [1.54, 1.807) is 12.1 Å². The van der Waals surface area contributed by atoms with Crippen LogP contribution in [0.15, 0.2) is 41.4 Å². The lowest BCUT2D eigenvalue weighted by Crippen LogP contribution is -1.97. The second-order valence-corrected chi connectivity index (χ2v) is 5.80.